The molecule has 4 rings (SSSR count). The maximum Gasteiger partial charge on any atom is 0.260 e. The Morgan fingerprint density at radius 3 is 2.39 bits per heavy atom. The number of amides is 1. The molecular weight excluding hydrogens is 524 g/mol. The lowest BCUT2D eigenvalue weighted by Gasteiger charge is -2.30. The first-order valence-corrected chi connectivity index (χ1v) is 16.9. The van der Waals surface area contributed by atoms with Crippen LogP contribution in [0.1, 0.15) is 54.9 Å². The fourth-order valence-electron chi connectivity index (χ4n) is 5.06. The van der Waals surface area contributed by atoms with E-state index in [2.05, 4.69) is 21.9 Å². The maximum atomic E-state index is 13.8. The minimum Gasteiger partial charge on any atom is -0.369 e. The molecule has 2 aromatic carbocycles. The smallest absolute Gasteiger partial charge is 0.260 e. The van der Waals surface area contributed by atoms with Crippen molar-refractivity contribution < 1.29 is 21.6 Å². The molecule has 9 nitrogen and oxygen atoms in total. The van der Waals surface area contributed by atoms with E-state index in [1.165, 1.54) is 0 Å². The van der Waals surface area contributed by atoms with Crippen molar-refractivity contribution in [2.45, 2.75) is 50.3 Å². The minimum absolute atomic E-state index is 0.122. The van der Waals surface area contributed by atoms with E-state index >= 15 is 0 Å². The quantitative estimate of drug-likeness (QED) is 0.403. The summed E-state index contributed by atoms with van der Waals surface area (Å²) in [7, 11) is -7.00. The van der Waals surface area contributed by atoms with Crippen LogP contribution in [0.15, 0.2) is 41.3 Å². The standard InChI is InChI=1S/C27H38N4O5S2/c1-3-4-5-6-7-18-38(35,36)23-9-11-26-21(19-23)12-15-31(26)27(32)24-20-22(30-16-13-28-14-17-30)8-10-25(24)29-37(2,33)34/h8-11,19-20,28-29H,3-7,12-18H2,1-2H3. The number of carbonyl (C=O) groups excluding carboxylic acids is 1. The number of fused-ring (bicyclic) bond motifs is 1. The number of carbonyl (C=O) groups is 1. The molecule has 2 aliphatic rings. The zero-order chi connectivity index (χ0) is 27.3. The highest BCUT2D eigenvalue weighted by Gasteiger charge is 2.30. The summed E-state index contributed by atoms with van der Waals surface area (Å²) in [5.41, 5.74) is 2.82. The number of nitrogens with zero attached hydrogens (tertiary/aromatic N) is 2. The van der Waals surface area contributed by atoms with Crippen LogP contribution in [0.5, 0.6) is 0 Å². The predicted octanol–water partition coefficient (Wildman–Crippen LogP) is 3.41. The summed E-state index contributed by atoms with van der Waals surface area (Å²) in [5, 5.41) is 3.30. The van der Waals surface area contributed by atoms with Crippen LogP contribution >= 0.6 is 0 Å². The number of hydrogen-bond donors (Lipinski definition) is 2. The second kappa shape index (κ2) is 12.0. The predicted molar refractivity (Wildman–Crippen MR) is 153 cm³/mol. The van der Waals surface area contributed by atoms with Gasteiger partial charge in [-0.05, 0) is 54.8 Å². The lowest BCUT2D eigenvalue weighted by molar-refractivity contribution is 0.0990. The van der Waals surface area contributed by atoms with E-state index in [-0.39, 0.29) is 22.9 Å². The van der Waals surface area contributed by atoms with Gasteiger partial charge in [0.05, 0.1) is 28.2 Å². The molecule has 0 radical (unpaired) electrons. The van der Waals surface area contributed by atoms with Gasteiger partial charge in [-0.1, -0.05) is 32.6 Å². The topological polar surface area (TPSA) is 116 Å². The highest BCUT2D eigenvalue weighted by atomic mass is 32.2. The minimum atomic E-state index is -3.60. The van der Waals surface area contributed by atoms with Gasteiger partial charge in [-0.2, -0.15) is 0 Å². The molecule has 0 aromatic heterocycles. The van der Waals surface area contributed by atoms with Crippen LogP contribution in [0.2, 0.25) is 0 Å². The van der Waals surface area contributed by atoms with Crippen molar-refractivity contribution in [1.82, 2.24) is 5.32 Å². The number of piperazine rings is 1. The van der Waals surface area contributed by atoms with Crippen molar-refractivity contribution in [3.8, 4) is 0 Å². The zero-order valence-corrected chi connectivity index (χ0v) is 23.8. The van der Waals surface area contributed by atoms with Crippen LogP contribution in [0.4, 0.5) is 17.1 Å². The molecule has 0 spiro atoms. The molecule has 0 atom stereocenters. The third kappa shape index (κ3) is 6.86. The Balaban J connectivity index is 1.58. The molecule has 0 aliphatic carbocycles. The molecule has 0 bridgehead atoms. The number of benzene rings is 2. The highest BCUT2D eigenvalue weighted by molar-refractivity contribution is 7.92. The van der Waals surface area contributed by atoms with Crippen LogP contribution in [0.25, 0.3) is 0 Å². The first-order valence-electron chi connectivity index (χ1n) is 13.3. The molecule has 208 valence electrons. The maximum absolute atomic E-state index is 13.8. The Hall–Kier alpha value is -2.63. The van der Waals surface area contributed by atoms with Gasteiger partial charge < -0.3 is 15.1 Å². The lowest BCUT2D eigenvalue weighted by Crippen LogP contribution is -2.43. The van der Waals surface area contributed by atoms with E-state index in [4.69, 9.17) is 0 Å². The van der Waals surface area contributed by atoms with Crippen molar-refractivity contribution in [3.05, 3.63) is 47.5 Å². The second-order valence-electron chi connectivity index (χ2n) is 10.1. The molecule has 2 aromatic rings. The van der Waals surface area contributed by atoms with Crippen LogP contribution in [0, 0.1) is 0 Å². The van der Waals surface area contributed by atoms with E-state index < -0.39 is 19.9 Å². The molecule has 1 fully saturated rings. The summed E-state index contributed by atoms with van der Waals surface area (Å²) in [5.74, 6) is -0.198. The molecule has 2 N–H and O–H groups in total. The molecule has 2 heterocycles. The summed E-state index contributed by atoms with van der Waals surface area (Å²) in [6.45, 7) is 5.75. The molecule has 1 amide bonds. The van der Waals surface area contributed by atoms with Gasteiger partial charge in [0.1, 0.15) is 0 Å². The number of hydrogen-bond acceptors (Lipinski definition) is 7. The number of nitrogens with one attached hydrogen (secondary N) is 2. The zero-order valence-electron chi connectivity index (χ0n) is 22.2. The summed E-state index contributed by atoms with van der Waals surface area (Å²) in [4.78, 5) is 17.9. The molecule has 0 unspecified atom stereocenters. The van der Waals surface area contributed by atoms with Crippen molar-refractivity contribution in [3.63, 3.8) is 0 Å². The molecule has 11 heteroatoms. The lowest BCUT2D eigenvalue weighted by atomic mass is 10.1. The highest BCUT2D eigenvalue weighted by Crippen LogP contribution is 2.34. The fourth-order valence-corrected chi connectivity index (χ4v) is 7.05. The number of sulfonamides is 1. The summed E-state index contributed by atoms with van der Waals surface area (Å²) in [6.07, 6.45) is 6.40. The first kappa shape index (κ1) is 28.4. The molecule has 1 saturated heterocycles. The Morgan fingerprint density at radius 2 is 1.68 bits per heavy atom. The largest absolute Gasteiger partial charge is 0.369 e. The average molecular weight is 563 g/mol. The van der Waals surface area contributed by atoms with Gasteiger partial charge in [0.2, 0.25) is 10.0 Å². The van der Waals surface area contributed by atoms with Crippen LogP contribution in [-0.4, -0.2) is 67.5 Å². The third-order valence-electron chi connectivity index (χ3n) is 7.08. The molecule has 0 saturated carbocycles. The van der Waals surface area contributed by atoms with E-state index in [1.807, 2.05) is 6.07 Å². The Morgan fingerprint density at radius 1 is 0.947 bits per heavy atom. The van der Waals surface area contributed by atoms with E-state index in [0.29, 0.717) is 30.0 Å². The van der Waals surface area contributed by atoms with Crippen LogP contribution in [0.3, 0.4) is 0 Å². The summed E-state index contributed by atoms with van der Waals surface area (Å²) < 4.78 is 52.4. The van der Waals surface area contributed by atoms with Gasteiger partial charge in [-0.25, -0.2) is 16.8 Å². The van der Waals surface area contributed by atoms with E-state index in [1.54, 1.807) is 35.2 Å². The van der Waals surface area contributed by atoms with Crippen molar-refractivity contribution in [1.29, 1.82) is 0 Å². The average Bonchev–Trinajstić information content (AvgIpc) is 3.31. The van der Waals surface area contributed by atoms with Gasteiger partial charge >= 0.3 is 0 Å². The Bertz CT molecular complexity index is 1370. The Kier molecular flexibility index (Phi) is 9.00. The number of sulfone groups is 1. The van der Waals surface area contributed by atoms with Crippen LogP contribution in [-0.2, 0) is 26.3 Å². The van der Waals surface area contributed by atoms with E-state index in [9.17, 15) is 21.6 Å². The van der Waals surface area contributed by atoms with E-state index in [0.717, 1.165) is 69.4 Å². The van der Waals surface area contributed by atoms with Crippen LogP contribution < -0.4 is 19.8 Å². The monoisotopic (exact) mass is 562 g/mol. The molecule has 2 aliphatic heterocycles. The van der Waals surface area contributed by atoms with Gasteiger partial charge in [-0.3, -0.25) is 9.52 Å². The Labute approximate surface area is 226 Å². The molecular formula is C27H38N4O5S2. The number of unbranched alkanes of at least 4 members (excludes halogenated alkanes) is 4. The SMILES string of the molecule is CCCCCCCS(=O)(=O)c1ccc2c(c1)CCN2C(=O)c1cc(N2CCNCC2)ccc1NS(C)(=O)=O. The van der Waals surface area contributed by atoms with Gasteiger partial charge in [-0.15, -0.1) is 0 Å². The number of rotatable bonds is 11. The summed E-state index contributed by atoms with van der Waals surface area (Å²) >= 11 is 0. The normalized spacial score (nSPS) is 15.9. The second-order valence-corrected chi connectivity index (χ2v) is 13.9. The van der Waals surface area contributed by atoms with Crippen molar-refractivity contribution in [2.24, 2.45) is 0 Å². The number of anilines is 3. The van der Waals surface area contributed by atoms with Gasteiger partial charge in [0.25, 0.3) is 5.91 Å². The van der Waals surface area contributed by atoms with Crippen molar-refractivity contribution >= 4 is 42.8 Å². The van der Waals surface area contributed by atoms with Gasteiger partial charge in [0.15, 0.2) is 9.84 Å². The summed E-state index contributed by atoms with van der Waals surface area (Å²) in [6, 6.07) is 10.2. The first-order chi connectivity index (χ1) is 18.1. The fraction of sp³-hybridized carbons (Fsp3) is 0.519. The molecule has 38 heavy (non-hydrogen) atoms. The van der Waals surface area contributed by atoms with Gasteiger partial charge in [0, 0.05) is 44.1 Å². The van der Waals surface area contributed by atoms with Crippen molar-refractivity contribution in [2.75, 3.05) is 59.3 Å². The third-order valence-corrected chi connectivity index (χ3v) is 9.47.